The number of aliphatic imine (C=N–C) groups is 1. The van der Waals surface area contributed by atoms with Crippen LogP contribution in [0.4, 0.5) is 0 Å². The fourth-order valence-electron chi connectivity index (χ4n) is 4.58. The van der Waals surface area contributed by atoms with E-state index in [0.29, 0.717) is 12.0 Å². The SMILES string of the molecule is CCNC(=NCC1(c2ccccc2C)CC1)N1CCC(C)C(n2ccnc2)C1. The number of aryl methyl sites for hydroxylation is 1. The van der Waals surface area contributed by atoms with E-state index in [1.165, 1.54) is 30.4 Å². The van der Waals surface area contributed by atoms with E-state index in [1.54, 1.807) is 0 Å². The quantitative estimate of drug-likeness (QED) is 0.635. The molecule has 0 radical (unpaired) electrons. The molecule has 0 bridgehead atoms. The van der Waals surface area contributed by atoms with Gasteiger partial charge in [-0.1, -0.05) is 31.2 Å². The van der Waals surface area contributed by atoms with Crippen LogP contribution in [0.5, 0.6) is 0 Å². The number of piperidine rings is 1. The molecule has 2 atom stereocenters. The molecule has 5 nitrogen and oxygen atoms in total. The Morgan fingerprint density at radius 1 is 1.32 bits per heavy atom. The molecular weight excluding hydrogens is 346 g/mol. The standard InChI is InChI=1S/C23H33N5/c1-4-25-22(26-16-23(10-11-23)20-8-6-5-7-18(20)2)27-13-9-19(3)21(15-27)28-14-12-24-17-28/h5-8,12,14,17,19,21H,4,9-11,13,15-16H2,1-3H3,(H,25,26). The van der Waals surface area contributed by atoms with Crippen molar-refractivity contribution in [3.8, 4) is 0 Å². The Morgan fingerprint density at radius 2 is 2.14 bits per heavy atom. The summed E-state index contributed by atoms with van der Waals surface area (Å²) in [6, 6.07) is 9.27. The molecule has 5 heteroatoms. The predicted octanol–water partition coefficient (Wildman–Crippen LogP) is 3.77. The number of hydrogen-bond donors (Lipinski definition) is 1. The number of hydrogen-bond acceptors (Lipinski definition) is 2. The van der Waals surface area contributed by atoms with Crippen molar-refractivity contribution in [2.24, 2.45) is 10.9 Å². The summed E-state index contributed by atoms with van der Waals surface area (Å²) in [5.74, 6) is 1.72. The topological polar surface area (TPSA) is 45.5 Å². The maximum absolute atomic E-state index is 5.14. The molecule has 1 aliphatic heterocycles. The second-order valence-electron chi connectivity index (χ2n) is 8.55. The highest BCUT2D eigenvalue weighted by atomic mass is 15.3. The van der Waals surface area contributed by atoms with Crippen molar-refractivity contribution in [1.82, 2.24) is 19.8 Å². The Labute approximate surface area is 168 Å². The summed E-state index contributed by atoms with van der Waals surface area (Å²) in [6.45, 7) is 10.6. The lowest BCUT2D eigenvalue weighted by molar-refractivity contribution is 0.189. The second-order valence-corrected chi connectivity index (χ2v) is 8.55. The van der Waals surface area contributed by atoms with Crippen LogP contribution in [0, 0.1) is 12.8 Å². The number of nitrogens with one attached hydrogen (secondary N) is 1. The van der Waals surface area contributed by atoms with Crippen molar-refractivity contribution < 1.29 is 0 Å². The minimum absolute atomic E-state index is 0.249. The molecule has 150 valence electrons. The number of benzene rings is 1. The molecule has 0 amide bonds. The summed E-state index contributed by atoms with van der Waals surface area (Å²) in [5.41, 5.74) is 3.13. The minimum atomic E-state index is 0.249. The van der Waals surface area contributed by atoms with E-state index in [9.17, 15) is 0 Å². The Hall–Kier alpha value is -2.30. The van der Waals surface area contributed by atoms with E-state index >= 15 is 0 Å². The molecule has 1 N–H and O–H groups in total. The fourth-order valence-corrected chi connectivity index (χ4v) is 4.58. The lowest BCUT2D eigenvalue weighted by atomic mass is 9.92. The predicted molar refractivity (Wildman–Crippen MR) is 115 cm³/mol. The van der Waals surface area contributed by atoms with Crippen LogP contribution >= 0.6 is 0 Å². The molecule has 2 aliphatic rings. The van der Waals surface area contributed by atoms with Gasteiger partial charge in [0.2, 0.25) is 0 Å². The Balaban J connectivity index is 1.51. The summed E-state index contributed by atoms with van der Waals surface area (Å²) in [6.07, 6.45) is 9.59. The highest BCUT2D eigenvalue weighted by molar-refractivity contribution is 5.80. The van der Waals surface area contributed by atoms with Gasteiger partial charge in [-0.25, -0.2) is 4.98 Å². The molecule has 0 spiro atoms. The average Bonchev–Trinajstić information content (AvgIpc) is 3.28. The molecule has 2 unspecified atom stereocenters. The van der Waals surface area contributed by atoms with E-state index in [4.69, 9.17) is 4.99 Å². The van der Waals surface area contributed by atoms with Gasteiger partial charge >= 0.3 is 0 Å². The van der Waals surface area contributed by atoms with Crippen LogP contribution in [0.3, 0.4) is 0 Å². The fraction of sp³-hybridized carbons (Fsp3) is 0.565. The first-order valence-electron chi connectivity index (χ1n) is 10.7. The van der Waals surface area contributed by atoms with Crippen LogP contribution in [-0.2, 0) is 5.41 Å². The van der Waals surface area contributed by atoms with E-state index < -0.39 is 0 Å². The number of imidazole rings is 1. The third-order valence-electron chi connectivity index (χ3n) is 6.56. The molecule has 2 heterocycles. The molecule has 1 aromatic carbocycles. The van der Waals surface area contributed by atoms with E-state index in [-0.39, 0.29) is 5.41 Å². The van der Waals surface area contributed by atoms with Gasteiger partial charge in [0.05, 0.1) is 18.9 Å². The number of aromatic nitrogens is 2. The third-order valence-corrected chi connectivity index (χ3v) is 6.56. The summed E-state index contributed by atoms with van der Waals surface area (Å²) in [4.78, 5) is 11.8. The number of rotatable bonds is 5. The zero-order chi connectivity index (χ0) is 19.6. The van der Waals surface area contributed by atoms with Crippen LogP contribution in [0.2, 0.25) is 0 Å². The summed E-state index contributed by atoms with van der Waals surface area (Å²) < 4.78 is 2.26. The van der Waals surface area contributed by atoms with Crippen LogP contribution in [0.15, 0.2) is 48.0 Å². The average molecular weight is 380 g/mol. The van der Waals surface area contributed by atoms with Crippen molar-refractivity contribution in [2.75, 3.05) is 26.2 Å². The maximum Gasteiger partial charge on any atom is 0.194 e. The van der Waals surface area contributed by atoms with Crippen molar-refractivity contribution >= 4 is 5.96 Å². The van der Waals surface area contributed by atoms with Crippen LogP contribution in [0.1, 0.15) is 50.3 Å². The zero-order valence-corrected chi connectivity index (χ0v) is 17.4. The molecule has 1 aliphatic carbocycles. The zero-order valence-electron chi connectivity index (χ0n) is 17.4. The van der Waals surface area contributed by atoms with Gasteiger partial charge in [0.1, 0.15) is 0 Å². The van der Waals surface area contributed by atoms with Gasteiger partial charge in [-0.05, 0) is 50.2 Å². The molecular formula is C23H33N5. The molecule has 2 fully saturated rings. The van der Waals surface area contributed by atoms with Gasteiger partial charge in [0, 0.05) is 37.4 Å². The van der Waals surface area contributed by atoms with E-state index in [2.05, 4.69) is 71.0 Å². The van der Waals surface area contributed by atoms with Crippen molar-refractivity contribution in [2.45, 2.75) is 51.5 Å². The lowest BCUT2D eigenvalue weighted by Gasteiger charge is -2.39. The first-order valence-corrected chi connectivity index (χ1v) is 10.7. The molecule has 1 saturated heterocycles. The van der Waals surface area contributed by atoms with Gasteiger partial charge in [-0.2, -0.15) is 0 Å². The summed E-state index contributed by atoms with van der Waals surface area (Å²) >= 11 is 0. The van der Waals surface area contributed by atoms with Crippen LogP contribution < -0.4 is 5.32 Å². The van der Waals surface area contributed by atoms with E-state index in [1.807, 2.05) is 12.5 Å². The van der Waals surface area contributed by atoms with Gasteiger partial charge in [0.25, 0.3) is 0 Å². The first kappa shape index (κ1) is 19.0. The molecule has 2 aromatic rings. The van der Waals surface area contributed by atoms with Crippen molar-refractivity contribution in [3.05, 3.63) is 54.1 Å². The lowest BCUT2D eigenvalue weighted by Crippen LogP contribution is -2.49. The summed E-state index contributed by atoms with van der Waals surface area (Å²) in [7, 11) is 0. The van der Waals surface area contributed by atoms with Crippen molar-refractivity contribution in [1.29, 1.82) is 0 Å². The summed E-state index contributed by atoms with van der Waals surface area (Å²) in [5, 5.41) is 3.55. The van der Waals surface area contributed by atoms with Gasteiger partial charge in [0.15, 0.2) is 5.96 Å². The van der Waals surface area contributed by atoms with Crippen molar-refractivity contribution in [3.63, 3.8) is 0 Å². The third kappa shape index (κ3) is 3.80. The van der Waals surface area contributed by atoms with E-state index in [0.717, 1.165) is 32.1 Å². The second kappa shape index (κ2) is 7.98. The van der Waals surface area contributed by atoms with Crippen LogP contribution in [0.25, 0.3) is 0 Å². The Kier molecular flexibility index (Phi) is 5.42. The Bertz CT molecular complexity index is 806. The molecule has 4 rings (SSSR count). The normalized spacial score (nSPS) is 24.2. The molecule has 1 aromatic heterocycles. The smallest absolute Gasteiger partial charge is 0.194 e. The van der Waals surface area contributed by atoms with Gasteiger partial charge in [-0.15, -0.1) is 0 Å². The Morgan fingerprint density at radius 3 is 2.82 bits per heavy atom. The van der Waals surface area contributed by atoms with Crippen LogP contribution in [-0.4, -0.2) is 46.6 Å². The molecule has 28 heavy (non-hydrogen) atoms. The first-order chi connectivity index (χ1) is 13.6. The largest absolute Gasteiger partial charge is 0.357 e. The highest BCUT2D eigenvalue weighted by Gasteiger charge is 2.45. The highest BCUT2D eigenvalue weighted by Crippen LogP contribution is 2.49. The number of likely N-dealkylation sites (tertiary alicyclic amines) is 1. The van der Waals surface area contributed by atoms with Gasteiger partial charge in [-0.3, -0.25) is 4.99 Å². The number of nitrogens with zero attached hydrogens (tertiary/aromatic N) is 4. The molecule has 1 saturated carbocycles. The maximum atomic E-state index is 5.14. The number of guanidine groups is 1. The minimum Gasteiger partial charge on any atom is -0.357 e. The van der Waals surface area contributed by atoms with Gasteiger partial charge < -0.3 is 14.8 Å². The monoisotopic (exact) mass is 379 g/mol.